The molecule has 166 valence electrons. The maximum atomic E-state index is 14.2. The van der Waals surface area contributed by atoms with Gasteiger partial charge in [0.1, 0.15) is 5.84 Å². The van der Waals surface area contributed by atoms with E-state index < -0.39 is 15.4 Å². The summed E-state index contributed by atoms with van der Waals surface area (Å²) in [5, 5.41) is 0. The number of aryl methyl sites for hydroxylation is 1. The number of fused-ring (bicyclic) bond motifs is 3. The third-order valence-corrected chi connectivity index (χ3v) is 9.27. The quantitative estimate of drug-likeness (QED) is 0.371. The number of rotatable bonds is 3. The van der Waals surface area contributed by atoms with Gasteiger partial charge in [-0.25, -0.2) is 17.7 Å². The molecular formula is C29H22N2O2S. The number of benzene rings is 4. The number of para-hydroxylation sites is 2. The van der Waals surface area contributed by atoms with Gasteiger partial charge in [0.15, 0.2) is 0 Å². The Bertz CT molecular complexity index is 1590. The number of amidine groups is 1. The van der Waals surface area contributed by atoms with Gasteiger partial charge in [-0.3, -0.25) is 0 Å². The van der Waals surface area contributed by atoms with Gasteiger partial charge in [0.2, 0.25) is 0 Å². The first-order valence-electron chi connectivity index (χ1n) is 11.5. The van der Waals surface area contributed by atoms with Crippen molar-refractivity contribution in [3.05, 3.63) is 125 Å². The second kappa shape index (κ2) is 6.67. The molecule has 34 heavy (non-hydrogen) atoms. The van der Waals surface area contributed by atoms with Gasteiger partial charge < -0.3 is 0 Å². The van der Waals surface area contributed by atoms with Crippen molar-refractivity contribution < 1.29 is 8.42 Å². The molecule has 2 aliphatic heterocycles. The molecule has 3 aliphatic rings. The highest BCUT2D eigenvalue weighted by Gasteiger charge is 2.76. The molecule has 0 saturated heterocycles. The number of anilines is 1. The van der Waals surface area contributed by atoms with Crippen molar-refractivity contribution in [3.8, 4) is 0 Å². The highest BCUT2D eigenvalue weighted by atomic mass is 32.2. The van der Waals surface area contributed by atoms with Crippen molar-refractivity contribution in [2.45, 2.75) is 29.1 Å². The van der Waals surface area contributed by atoms with Crippen molar-refractivity contribution in [1.29, 1.82) is 0 Å². The third-order valence-electron chi connectivity index (χ3n) is 7.55. The zero-order chi connectivity index (χ0) is 23.1. The van der Waals surface area contributed by atoms with Crippen LogP contribution in [0.3, 0.4) is 0 Å². The highest BCUT2D eigenvalue weighted by Crippen LogP contribution is 2.77. The first kappa shape index (κ1) is 19.7. The number of sulfonamides is 1. The first-order chi connectivity index (χ1) is 16.5. The Hall–Kier alpha value is -3.70. The molecule has 5 heteroatoms. The summed E-state index contributed by atoms with van der Waals surface area (Å²) in [7, 11) is -3.88. The standard InChI is InChI=1S/C29H22N2O2S/c1-19-15-17-21(18-16-19)34(32,33)31-25-14-8-5-11-22(25)27-26(20-9-3-2-4-10-20)29(27)23-12-6-7-13-24(23)30-28(29)31/h2-18,26-27H,1H3/t26-,27+,29-/m1/s1. The summed E-state index contributed by atoms with van der Waals surface area (Å²) in [6, 6.07) is 33.5. The normalized spacial score (nSPS) is 23.9. The molecule has 0 aromatic heterocycles. The Labute approximate surface area is 199 Å². The monoisotopic (exact) mass is 462 g/mol. The van der Waals surface area contributed by atoms with Crippen LogP contribution in [0.5, 0.6) is 0 Å². The van der Waals surface area contributed by atoms with E-state index in [1.54, 1.807) is 12.1 Å². The summed E-state index contributed by atoms with van der Waals surface area (Å²) >= 11 is 0. The minimum Gasteiger partial charge on any atom is -0.233 e. The number of hydrogen-bond donors (Lipinski definition) is 0. The van der Waals surface area contributed by atoms with Gasteiger partial charge in [-0.15, -0.1) is 0 Å². The van der Waals surface area contributed by atoms with E-state index in [0.717, 1.165) is 22.4 Å². The fraction of sp³-hybridized carbons (Fsp3) is 0.138. The Morgan fingerprint density at radius 2 is 1.44 bits per heavy atom. The zero-order valence-corrected chi connectivity index (χ0v) is 19.4. The molecule has 1 aliphatic carbocycles. The van der Waals surface area contributed by atoms with Gasteiger partial charge >= 0.3 is 0 Å². The molecule has 0 N–H and O–H groups in total. The molecule has 4 nitrogen and oxygen atoms in total. The molecule has 2 heterocycles. The van der Waals surface area contributed by atoms with Crippen LogP contribution in [0.1, 0.15) is 34.1 Å². The summed E-state index contributed by atoms with van der Waals surface area (Å²) in [6.07, 6.45) is 0. The maximum absolute atomic E-state index is 14.2. The summed E-state index contributed by atoms with van der Waals surface area (Å²) in [4.78, 5) is 5.29. The van der Waals surface area contributed by atoms with Crippen molar-refractivity contribution in [2.75, 3.05) is 4.31 Å². The topological polar surface area (TPSA) is 49.7 Å². The molecule has 1 saturated carbocycles. The second-order valence-electron chi connectivity index (χ2n) is 9.33. The molecular weight excluding hydrogens is 440 g/mol. The summed E-state index contributed by atoms with van der Waals surface area (Å²) in [6.45, 7) is 1.96. The molecule has 4 aromatic rings. The fourth-order valence-corrected chi connectivity index (χ4v) is 7.65. The van der Waals surface area contributed by atoms with Crippen LogP contribution in [0.2, 0.25) is 0 Å². The van der Waals surface area contributed by atoms with Crippen LogP contribution in [-0.4, -0.2) is 14.3 Å². The van der Waals surface area contributed by atoms with Crippen LogP contribution in [0.15, 0.2) is 113 Å². The van der Waals surface area contributed by atoms with Crippen LogP contribution >= 0.6 is 0 Å². The fourth-order valence-electron chi connectivity index (χ4n) is 6.11. The van der Waals surface area contributed by atoms with Gasteiger partial charge in [-0.1, -0.05) is 84.4 Å². The lowest BCUT2D eigenvalue weighted by molar-refractivity contribution is 0.595. The predicted octanol–water partition coefficient (Wildman–Crippen LogP) is 6.07. The van der Waals surface area contributed by atoms with E-state index >= 15 is 0 Å². The van der Waals surface area contributed by atoms with Crippen LogP contribution in [0.25, 0.3) is 0 Å². The van der Waals surface area contributed by atoms with Gasteiger partial charge in [0.05, 0.1) is 21.7 Å². The lowest BCUT2D eigenvalue weighted by Gasteiger charge is -2.34. The smallest absolute Gasteiger partial charge is 0.233 e. The van der Waals surface area contributed by atoms with Gasteiger partial charge in [0.25, 0.3) is 10.0 Å². The van der Waals surface area contributed by atoms with Gasteiger partial charge in [-0.2, -0.15) is 0 Å². The third kappa shape index (κ3) is 2.37. The summed E-state index contributed by atoms with van der Waals surface area (Å²) in [5.74, 6) is 0.875. The van der Waals surface area contributed by atoms with Crippen molar-refractivity contribution in [2.24, 2.45) is 4.99 Å². The van der Waals surface area contributed by atoms with E-state index in [0.29, 0.717) is 11.5 Å². The van der Waals surface area contributed by atoms with E-state index in [1.165, 1.54) is 9.87 Å². The Kier molecular flexibility index (Phi) is 3.87. The van der Waals surface area contributed by atoms with Crippen LogP contribution in [0.4, 0.5) is 11.4 Å². The molecule has 7 rings (SSSR count). The Morgan fingerprint density at radius 3 is 2.24 bits per heavy atom. The van der Waals surface area contributed by atoms with E-state index in [4.69, 9.17) is 4.99 Å². The number of nitrogens with zero attached hydrogens (tertiary/aromatic N) is 2. The molecule has 0 amide bonds. The van der Waals surface area contributed by atoms with E-state index in [9.17, 15) is 8.42 Å². The Morgan fingerprint density at radius 1 is 0.765 bits per heavy atom. The molecule has 0 unspecified atom stereocenters. The molecule has 4 aromatic carbocycles. The van der Waals surface area contributed by atoms with Crippen molar-refractivity contribution in [3.63, 3.8) is 0 Å². The predicted molar refractivity (Wildman–Crippen MR) is 134 cm³/mol. The summed E-state index contributed by atoms with van der Waals surface area (Å²) < 4.78 is 29.9. The summed E-state index contributed by atoms with van der Waals surface area (Å²) in [5.41, 5.74) is 5.47. The lowest BCUT2D eigenvalue weighted by atomic mass is 9.86. The van der Waals surface area contributed by atoms with Crippen LogP contribution in [-0.2, 0) is 15.4 Å². The van der Waals surface area contributed by atoms with E-state index in [2.05, 4.69) is 36.4 Å². The minimum atomic E-state index is -3.88. The highest BCUT2D eigenvalue weighted by molar-refractivity contribution is 7.93. The molecule has 1 spiro atoms. The molecule has 0 bridgehead atoms. The maximum Gasteiger partial charge on any atom is 0.269 e. The van der Waals surface area contributed by atoms with Crippen LogP contribution in [0, 0.1) is 6.92 Å². The van der Waals surface area contributed by atoms with E-state index in [-0.39, 0.29) is 16.7 Å². The zero-order valence-electron chi connectivity index (χ0n) is 18.6. The molecule has 3 atom stereocenters. The average molecular weight is 463 g/mol. The second-order valence-corrected chi connectivity index (χ2v) is 11.1. The van der Waals surface area contributed by atoms with Crippen molar-refractivity contribution >= 4 is 27.2 Å². The van der Waals surface area contributed by atoms with Crippen LogP contribution < -0.4 is 4.31 Å². The van der Waals surface area contributed by atoms with Gasteiger partial charge in [-0.05, 0) is 47.9 Å². The number of hydrogen-bond acceptors (Lipinski definition) is 3. The molecule has 0 radical (unpaired) electrons. The largest absolute Gasteiger partial charge is 0.269 e. The average Bonchev–Trinajstić information content (AvgIpc) is 3.46. The van der Waals surface area contributed by atoms with Gasteiger partial charge in [0, 0.05) is 11.8 Å². The number of aliphatic imine (C=N–C) groups is 1. The first-order valence-corrected chi connectivity index (χ1v) is 12.9. The lowest BCUT2D eigenvalue weighted by Crippen LogP contribution is -2.45. The van der Waals surface area contributed by atoms with Crippen molar-refractivity contribution in [1.82, 2.24) is 0 Å². The van der Waals surface area contributed by atoms with E-state index in [1.807, 2.05) is 61.5 Å². The Balaban J connectivity index is 1.53. The minimum absolute atomic E-state index is 0.121. The molecule has 1 fully saturated rings. The SMILES string of the molecule is Cc1ccc(S(=O)(=O)N2C3=Nc4ccccc4[C@]34[C@H](c3ccccc3)[C@@H]4c3ccccc32)cc1.